The fraction of sp³-hybridized carbons (Fsp3) is 0.0909. The summed E-state index contributed by atoms with van der Waals surface area (Å²) in [5.74, 6) is 1.24. The maximum absolute atomic E-state index is 12.6. The second-order valence-electron chi connectivity index (χ2n) is 6.69. The van der Waals surface area contributed by atoms with Crippen LogP contribution in [0.3, 0.4) is 0 Å². The number of hydrogen-bond acceptors (Lipinski definition) is 7. The van der Waals surface area contributed by atoms with Crippen molar-refractivity contribution in [2.45, 2.75) is 4.90 Å². The highest BCUT2D eigenvalue weighted by Gasteiger charge is 2.17. The molecule has 4 aromatic rings. The number of hydrogen-bond donors (Lipinski definition) is 1. The average molecular weight is 511 g/mol. The van der Waals surface area contributed by atoms with E-state index in [1.807, 2.05) is 35.2 Å². The normalized spacial score (nSPS) is 11.3. The second-order valence-corrected chi connectivity index (χ2v) is 9.38. The lowest BCUT2D eigenvalue weighted by atomic mass is 10.2. The Labute approximate surface area is 194 Å². The van der Waals surface area contributed by atoms with Crippen LogP contribution in [0, 0.1) is 0 Å². The molecule has 3 aromatic heterocycles. The molecule has 0 atom stereocenters. The summed E-state index contributed by atoms with van der Waals surface area (Å²) in [6.07, 6.45) is 6.52. The van der Waals surface area contributed by atoms with E-state index >= 15 is 0 Å². The van der Waals surface area contributed by atoms with E-state index in [9.17, 15) is 8.42 Å². The van der Waals surface area contributed by atoms with Crippen LogP contribution in [0.5, 0.6) is 0 Å². The molecular formula is C22H19BrN6O2S. The predicted octanol–water partition coefficient (Wildman–Crippen LogP) is 3.81. The molecule has 3 heterocycles. The summed E-state index contributed by atoms with van der Waals surface area (Å²) < 4.78 is 28.7. The molecule has 0 aliphatic rings. The van der Waals surface area contributed by atoms with Crippen LogP contribution in [0.1, 0.15) is 0 Å². The fourth-order valence-corrected chi connectivity index (χ4v) is 4.31. The maximum Gasteiger partial charge on any atom is 0.240 e. The SMILES string of the molecule is O=S(=O)(NCCN(c1ccncn1)c1cccc(-c2cccnc2)n1)c1ccc(Br)cc1. The largest absolute Gasteiger partial charge is 0.310 e. The van der Waals surface area contributed by atoms with Crippen LogP contribution in [0.25, 0.3) is 11.3 Å². The number of anilines is 2. The van der Waals surface area contributed by atoms with E-state index < -0.39 is 10.0 Å². The Morgan fingerprint density at radius 2 is 1.75 bits per heavy atom. The summed E-state index contributed by atoms with van der Waals surface area (Å²) in [5.41, 5.74) is 1.64. The first-order chi connectivity index (χ1) is 15.5. The standard InChI is InChI=1S/C22H19BrN6O2S/c23-18-6-8-19(9-7-18)32(30,31)27-13-14-29(21-10-12-25-16-26-21)22-5-1-4-20(28-22)17-3-2-11-24-15-17/h1-12,15-16,27H,13-14H2. The summed E-state index contributed by atoms with van der Waals surface area (Å²) in [6, 6.07) is 17.7. The van der Waals surface area contributed by atoms with Gasteiger partial charge in [-0.25, -0.2) is 28.1 Å². The molecule has 0 bridgehead atoms. The summed E-state index contributed by atoms with van der Waals surface area (Å²) in [4.78, 5) is 19.2. The van der Waals surface area contributed by atoms with E-state index in [1.54, 1.807) is 48.9 Å². The molecule has 1 N–H and O–H groups in total. The quantitative estimate of drug-likeness (QED) is 0.384. The molecule has 0 unspecified atom stereocenters. The zero-order valence-corrected chi connectivity index (χ0v) is 19.2. The lowest BCUT2D eigenvalue weighted by Gasteiger charge is -2.23. The topological polar surface area (TPSA) is 101 Å². The number of pyridine rings is 2. The summed E-state index contributed by atoms with van der Waals surface area (Å²) >= 11 is 3.31. The predicted molar refractivity (Wildman–Crippen MR) is 126 cm³/mol. The van der Waals surface area contributed by atoms with Gasteiger partial charge in [0.25, 0.3) is 0 Å². The third kappa shape index (κ3) is 5.34. The lowest BCUT2D eigenvalue weighted by molar-refractivity contribution is 0.581. The van der Waals surface area contributed by atoms with Crippen LogP contribution in [0.15, 0.2) is 94.9 Å². The summed E-state index contributed by atoms with van der Waals surface area (Å²) in [7, 11) is -3.65. The van der Waals surface area contributed by atoms with E-state index in [1.165, 1.54) is 6.33 Å². The van der Waals surface area contributed by atoms with Gasteiger partial charge in [-0.15, -0.1) is 0 Å². The van der Waals surface area contributed by atoms with Gasteiger partial charge in [-0.2, -0.15) is 0 Å². The molecule has 0 saturated heterocycles. The molecule has 162 valence electrons. The van der Waals surface area contributed by atoms with E-state index in [0.717, 1.165) is 15.7 Å². The Kier molecular flexibility index (Phi) is 6.84. The van der Waals surface area contributed by atoms with Crippen molar-refractivity contribution in [3.05, 3.63) is 90.1 Å². The molecule has 32 heavy (non-hydrogen) atoms. The molecule has 0 aliphatic heterocycles. The maximum atomic E-state index is 12.6. The van der Waals surface area contributed by atoms with Crippen molar-refractivity contribution < 1.29 is 8.42 Å². The molecule has 0 spiro atoms. The van der Waals surface area contributed by atoms with E-state index in [0.29, 0.717) is 18.2 Å². The van der Waals surface area contributed by atoms with Crippen molar-refractivity contribution in [2.24, 2.45) is 0 Å². The third-order valence-corrected chi connectivity index (χ3v) is 6.57. The summed E-state index contributed by atoms with van der Waals surface area (Å²) in [6.45, 7) is 0.470. The molecular weight excluding hydrogens is 492 g/mol. The minimum Gasteiger partial charge on any atom is -0.310 e. The summed E-state index contributed by atoms with van der Waals surface area (Å²) in [5, 5.41) is 0. The zero-order chi connectivity index (χ0) is 22.4. The van der Waals surface area contributed by atoms with Crippen LogP contribution >= 0.6 is 15.9 Å². The van der Waals surface area contributed by atoms with Crippen molar-refractivity contribution in [3.63, 3.8) is 0 Å². The number of nitrogens with one attached hydrogen (secondary N) is 1. The first-order valence-electron chi connectivity index (χ1n) is 9.69. The number of halogens is 1. The average Bonchev–Trinajstić information content (AvgIpc) is 2.83. The number of benzene rings is 1. The van der Waals surface area contributed by atoms with Crippen molar-refractivity contribution in [1.29, 1.82) is 0 Å². The monoisotopic (exact) mass is 510 g/mol. The lowest BCUT2D eigenvalue weighted by Crippen LogP contribution is -2.33. The van der Waals surface area contributed by atoms with Crippen molar-refractivity contribution in [3.8, 4) is 11.3 Å². The van der Waals surface area contributed by atoms with Crippen LogP contribution in [-0.2, 0) is 10.0 Å². The van der Waals surface area contributed by atoms with Gasteiger partial charge in [-0.3, -0.25) is 4.98 Å². The number of sulfonamides is 1. The first-order valence-corrected chi connectivity index (χ1v) is 12.0. The fourth-order valence-electron chi connectivity index (χ4n) is 3.03. The molecule has 0 radical (unpaired) electrons. The van der Waals surface area contributed by atoms with Gasteiger partial charge in [-0.05, 0) is 54.6 Å². The first kappa shape index (κ1) is 22.0. The number of aromatic nitrogens is 4. The van der Waals surface area contributed by atoms with Gasteiger partial charge in [0.1, 0.15) is 18.0 Å². The van der Waals surface area contributed by atoms with Gasteiger partial charge in [0, 0.05) is 41.7 Å². The van der Waals surface area contributed by atoms with E-state index in [4.69, 9.17) is 4.98 Å². The Hall–Kier alpha value is -3.21. The molecule has 10 heteroatoms. The van der Waals surface area contributed by atoms with Gasteiger partial charge in [0.2, 0.25) is 10.0 Å². The second kappa shape index (κ2) is 9.94. The van der Waals surface area contributed by atoms with Crippen LogP contribution in [-0.4, -0.2) is 41.4 Å². The molecule has 0 aliphatic carbocycles. The van der Waals surface area contributed by atoms with Crippen LogP contribution in [0.2, 0.25) is 0 Å². The number of nitrogens with zero attached hydrogens (tertiary/aromatic N) is 5. The highest BCUT2D eigenvalue weighted by Crippen LogP contribution is 2.24. The molecule has 0 fully saturated rings. The Morgan fingerprint density at radius 3 is 2.47 bits per heavy atom. The Bertz CT molecular complexity index is 1270. The molecule has 0 amide bonds. The number of rotatable bonds is 8. The van der Waals surface area contributed by atoms with Gasteiger partial charge in [-0.1, -0.05) is 22.0 Å². The minimum absolute atomic E-state index is 0.154. The third-order valence-electron chi connectivity index (χ3n) is 4.56. The zero-order valence-electron chi connectivity index (χ0n) is 16.8. The van der Waals surface area contributed by atoms with Crippen molar-refractivity contribution in [1.82, 2.24) is 24.7 Å². The van der Waals surface area contributed by atoms with Crippen LogP contribution < -0.4 is 9.62 Å². The molecule has 4 rings (SSSR count). The van der Waals surface area contributed by atoms with E-state index in [-0.39, 0.29) is 11.4 Å². The highest BCUT2D eigenvalue weighted by atomic mass is 79.9. The van der Waals surface area contributed by atoms with Gasteiger partial charge in [0.05, 0.1) is 10.6 Å². The molecule has 0 saturated carbocycles. The van der Waals surface area contributed by atoms with Gasteiger partial charge >= 0.3 is 0 Å². The highest BCUT2D eigenvalue weighted by molar-refractivity contribution is 9.10. The van der Waals surface area contributed by atoms with Crippen molar-refractivity contribution >= 4 is 37.6 Å². The van der Waals surface area contributed by atoms with Gasteiger partial charge < -0.3 is 4.90 Å². The smallest absolute Gasteiger partial charge is 0.240 e. The van der Waals surface area contributed by atoms with Gasteiger partial charge in [0.15, 0.2) is 0 Å². The van der Waals surface area contributed by atoms with Crippen LogP contribution in [0.4, 0.5) is 11.6 Å². The molecule has 8 nitrogen and oxygen atoms in total. The Balaban J connectivity index is 1.57. The molecule has 1 aromatic carbocycles. The minimum atomic E-state index is -3.65. The van der Waals surface area contributed by atoms with Crippen molar-refractivity contribution in [2.75, 3.05) is 18.0 Å². The Morgan fingerprint density at radius 1 is 0.906 bits per heavy atom. The van der Waals surface area contributed by atoms with E-state index in [2.05, 4.69) is 35.6 Å².